The highest BCUT2D eigenvalue weighted by Gasteiger charge is 2.11. The second kappa shape index (κ2) is 7.48. The Morgan fingerprint density at radius 1 is 1.00 bits per heavy atom. The van der Waals surface area contributed by atoms with E-state index >= 15 is 0 Å². The number of ketones is 1. The van der Waals surface area contributed by atoms with E-state index in [4.69, 9.17) is 5.10 Å². The molecule has 5 nitrogen and oxygen atoms in total. The van der Waals surface area contributed by atoms with Crippen molar-refractivity contribution in [2.75, 3.05) is 0 Å². The molecule has 0 aliphatic rings. The largest absolute Gasteiger partial charge is 0.289 e. The van der Waals surface area contributed by atoms with E-state index in [0.717, 1.165) is 22.5 Å². The fraction of sp³-hybridized carbons (Fsp3) is 0.0870. The van der Waals surface area contributed by atoms with Gasteiger partial charge in [-0.1, -0.05) is 48.0 Å². The first-order valence-electron chi connectivity index (χ1n) is 9.03. The molecule has 0 amide bonds. The van der Waals surface area contributed by atoms with Gasteiger partial charge in [0.05, 0.1) is 23.1 Å². The van der Waals surface area contributed by atoms with Crippen LogP contribution in [-0.2, 0) is 7.05 Å². The molecule has 4 rings (SSSR count). The van der Waals surface area contributed by atoms with Crippen molar-refractivity contribution in [3.05, 3.63) is 96.0 Å². The number of para-hydroxylation sites is 1. The lowest BCUT2D eigenvalue weighted by Crippen LogP contribution is -1.93. The van der Waals surface area contributed by atoms with Crippen LogP contribution < -0.4 is 0 Å². The molecule has 0 atom stereocenters. The third kappa shape index (κ3) is 3.69. The normalized spacial score (nSPS) is 11.2. The van der Waals surface area contributed by atoms with Crippen molar-refractivity contribution >= 4 is 11.9 Å². The second-order valence-electron chi connectivity index (χ2n) is 6.68. The summed E-state index contributed by atoms with van der Waals surface area (Å²) in [5.74, 6) is -0.0876. The summed E-state index contributed by atoms with van der Waals surface area (Å²) in [6, 6.07) is 18.1. The number of hydrogen-bond acceptors (Lipinski definition) is 3. The number of allylic oxidation sites excluding steroid dienone is 1. The van der Waals surface area contributed by atoms with Gasteiger partial charge >= 0.3 is 0 Å². The van der Waals surface area contributed by atoms with Crippen LogP contribution in [0.2, 0.25) is 0 Å². The van der Waals surface area contributed by atoms with Gasteiger partial charge in [-0.2, -0.15) is 10.2 Å². The Bertz CT molecular complexity index is 1140. The van der Waals surface area contributed by atoms with E-state index in [1.54, 1.807) is 30.2 Å². The van der Waals surface area contributed by atoms with Crippen molar-refractivity contribution in [1.82, 2.24) is 19.6 Å². The Labute approximate surface area is 163 Å². The summed E-state index contributed by atoms with van der Waals surface area (Å²) in [5, 5.41) is 8.83. The van der Waals surface area contributed by atoms with Gasteiger partial charge in [-0.05, 0) is 31.2 Å². The predicted octanol–water partition coefficient (Wildman–Crippen LogP) is 4.48. The molecular formula is C23H20N4O. The van der Waals surface area contributed by atoms with Gasteiger partial charge < -0.3 is 0 Å². The first-order chi connectivity index (χ1) is 13.6. The first-order valence-corrected chi connectivity index (χ1v) is 9.03. The lowest BCUT2D eigenvalue weighted by Gasteiger charge is -2.01. The Balaban J connectivity index is 1.74. The van der Waals surface area contributed by atoms with Crippen LogP contribution in [0.3, 0.4) is 0 Å². The van der Waals surface area contributed by atoms with E-state index in [1.807, 2.05) is 59.4 Å². The maximum absolute atomic E-state index is 12.4. The molecule has 0 saturated carbocycles. The zero-order valence-corrected chi connectivity index (χ0v) is 15.8. The van der Waals surface area contributed by atoms with Gasteiger partial charge in [0, 0.05) is 30.6 Å². The third-order valence-corrected chi connectivity index (χ3v) is 4.49. The number of benzene rings is 2. The standard InChI is InChI=1S/C23H20N4O/c1-17-8-10-18(11-9-17)23-19(12-13-22(28)20-14-24-26(2)15-20)16-27(25-23)21-6-4-3-5-7-21/h3-16H,1-2H3. The minimum Gasteiger partial charge on any atom is -0.289 e. The lowest BCUT2D eigenvalue weighted by atomic mass is 10.1. The van der Waals surface area contributed by atoms with E-state index in [1.165, 1.54) is 5.56 Å². The number of carbonyl (C=O) groups excluding carboxylic acids is 1. The fourth-order valence-electron chi connectivity index (χ4n) is 2.97. The van der Waals surface area contributed by atoms with Crippen LogP contribution >= 0.6 is 0 Å². The van der Waals surface area contributed by atoms with Crippen molar-refractivity contribution < 1.29 is 4.79 Å². The number of rotatable bonds is 5. The van der Waals surface area contributed by atoms with E-state index in [2.05, 4.69) is 24.2 Å². The topological polar surface area (TPSA) is 52.7 Å². The maximum atomic E-state index is 12.4. The average Bonchev–Trinajstić information content (AvgIpc) is 3.34. The summed E-state index contributed by atoms with van der Waals surface area (Å²) < 4.78 is 3.45. The Morgan fingerprint density at radius 2 is 1.75 bits per heavy atom. The predicted molar refractivity (Wildman–Crippen MR) is 110 cm³/mol. The monoisotopic (exact) mass is 368 g/mol. The van der Waals surface area contributed by atoms with Gasteiger partial charge in [0.15, 0.2) is 5.78 Å². The molecule has 0 bridgehead atoms. The van der Waals surface area contributed by atoms with Gasteiger partial charge in [-0.3, -0.25) is 9.48 Å². The van der Waals surface area contributed by atoms with Crippen LogP contribution in [0.15, 0.2) is 79.3 Å². The number of aromatic nitrogens is 4. The molecule has 28 heavy (non-hydrogen) atoms. The zero-order chi connectivity index (χ0) is 19.5. The van der Waals surface area contributed by atoms with E-state index in [9.17, 15) is 4.79 Å². The highest BCUT2D eigenvalue weighted by atomic mass is 16.1. The maximum Gasteiger partial charge on any atom is 0.189 e. The summed E-state index contributed by atoms with van der Waals surface area (Å²) in [6.07, 6.45) is 8.61. The van der Waals surface area contributed by atoms with Gasteiger partial charge in [-0.15, -0.1) is 0 Å². The average molecular weight is 368 g/mol. The minimum absolute atomic E-state index is 0.0876. The van der Waals surface area contributed by atoms with Crippen LogP contribution in [-0.4, -0.2) is 25.3 Å². The van der Waals surface area contributed by atoms with Crippen LogP contribution in [0.25, 0.3) is 23.0 Å². The molecule has 138 valence electrons. The van der Waals surface area contributed by atoms with E-state index in [-0.39, 0.29) is 5.78 Å². The van der Waals surface area contributed by atoms with Crippen molar-refractivity contribution in [1.29, 1.82) is 0 Å². The smallest absolute Gasteiger partial charge is 0.189 e. The van der Waals surface area contributed by atoms with Gasteiger partial charge in [-0.25, -0.2) is 4.68 Å². The summed E-state index contributed by atoms with van der Waals surface area (Å²) in [7, 11) is 1.79. The van der Waals surface area contributed by atoms with E-state index in [0.29, 0.717) is 5.56 Å². The van der Waals surface area contributed by atoms with Crippen molar-refractivity contribution in [3.8, 4) is 16.9 Å². The fourth-order valence-corrected chi connectivity index (χ4v) is 2.97. The molecule has 0 spiro atoms. The van der Waals surface area contributed by atoms with Crippen molar-refractivity contribution in [2.24, 2.45) is 7.05 Å². The Kier molecular flexibility index (Phi) is 4.72. The summed E-state index contributed by atoms with van der Waals surface area (Å²) >= 11 is 0. The highest BCUT2D eigenvalue weighted by molar-refractivity contribution is 6.06. The van der Waals surface area contributed by atoms with Gasteiger partial charge in [0.25, 0.3) is 0 Å². The molecule has 2 aromatic heterocycles. The number of aryl methyl sites for hydroxylation is 2. The number of nitrogens with zero attached hydrogens (tertiary/aromatic N) is 4. The molecule has 2 aromatic carbocycles. The molecule has 0 radical (unpaired) electrons. The molecule has 5 heteroatoms. The molecule has 0 saturated heterocycles. The second-order valence-corrected chi connectivity index (χ2v) is 6.68. The van der Waals surface area contributed by atoms with Crippen LogP contribution in [0.5, 0.6) is 0 Å². The summed E-state index contributed by atoms with van der Waals surface area (Å²) in [5.41, 5.74) is 5.44. The Hall–Kier alpha value is -3.73. The van der Waals surface area contributed by atoms with Crippen molar-refractivity contribution in [3.63, 3.8) is 0 Å². The number of hydrogen-bond donors (Lipinski definition) is 0. The van der Waals surface area contributed by atoms with Gasteiger partial charge in [0.1, 0.15) is 0 Å². The summed E-state index contributed by atoms with van der Waals surface area (Å²) in [6.45, 7) is 2.06. The highest BCUT2D eigenvalue weighted by Crippen LogP contribution is 2.25. The molecule has 2 heterocycles. The SMILES string of the molecule is Cc1ccc(-c2nn(-c3ccccc3)cc2C=CC(=O)c2cnn(C)c2)cc1. The minimum atomic E-state index is -0.0876. The lowest BCUT2D eigenvalue weighted by molar-refractivity contribution is 0.104. The van der Waals surface area contributed by atoms with Crippen LogP contribution in [0, 0.1) is 6.92 Å². The zero-order valence-electron chi connectivity index (χ0n) is 15.8. The molecular weight excluding hydrogens is 348 g/mol. The molecule has 0 aliphatic heterocycles. The van der Waals surface area contributed by atoms with Gasteiger partial charge in [0.2, 0.25) is 0 Å². The van der Waals surface area contributed by atoms with E-state index < -0.39 is 0 Å². The molecule has 0 unspecified atom stereocenters. The first kappa shape index (κ1) is 17.7. The molecule has 0 fully saturated rings. The molecule has 4 aromatic rings. The van der Waals surface area contributed by atoms with Crippen LogP contribution in [0.1, 0.15) is 21.5 Å². The third-order valence-electron chi connectivity index (χ3n) is 4.49. The van der Waals surface area contributed by atoms with Crippen molar-refractivity contribution in [2.45, 2.75) is 6.92 Å². The van der Waals surface area contributed by atoms with Crippen LogP contribution in [0.4, 0.5) is 0 Å². The Morgan fingerprint density at radius 3 is 2.43 bits per heavy atom. The molecule has 0 aliphatic carbocycles. The number of carbonyl (C=O) groups is 1. The quantitative estimate of drug-likeness (QED) is 0.386. The molecule has 0 N–H and O–H groups in total. The summed E-state index contributed by atoms with van der Waals surface area (Å²) in [4.78, 5) is 12.4.